The second kappa shape index (κ2) is 5.17. The van der Waals surface area contributed by atoms with Crippen LogP contribution in [-0.4, -0.2) is 37.3 Å². The lowest BCUT2D eigenvalue weighted by Gasteiger charge is -2.13. The Hall–Kier alpha value is -0.900. The van der Waals surface area contributed by atoms with Crippen molar-refractivity contribution in [2.24, 2.45) is 0 Å². The van der Waals surface area contributed by atoms with Crippen LogP contribution in [0.3, 0.4) is 0 Å². The van der Waals surface area contributed by atoms with Crippen molar-refractivity contribution in [2.45, 2.75) is 17.4 Å². The number of thiophene rings is 1. The molecule has 0 aromatic carbocycles. The number of nitriles is 1. The number of nitrogens with two attached hydrogens (primary N) is 1. The second-order valence-corrected chi connectivity index (χ2v) is 6.05. The Labute approximate surface area is 110 Å². The lowest BCUT2D eigenvalue weighted by molar-refractivity contribution is 0.414. The molecule has 1 fully saturated rings. The van der Waals surface area contributed by atoms with Gasteiger partial charge in [0.2, 0.25) is 0 Å². The fraction of sp³-hybridized carbons (Fsp3) is 0.545. The molecule has 17 heavy (non-hydrogen) atoms. The summed E-state index contributed by atoms with van der Waals surface area (Å²) in [7, 11) is 2.13. The van der Waals surface area contributed by atoms with Crippen LogP contribution in [0.15, 0.2) is 4.90 Å². The van der Waals surface area contributed by atoms with Gasteiger partial charge in [0, 0.05) is 12.6 Å². The molecule has 0 saturated carbocycles. The van der Waals surface area contributed by atoms with Crippen molar-refractivity contribution >= 4 is 33.8 Å². The number of thioether (sulfide) groups is 1. The first-order valence-electron chi connectivity index (χ1n) is 5.47. The van der Waals surface area contributed by atoms with Gasteiger partial charge in [-0.3, -0.25) is 0 Å². The summed E-state index contributed by atoms with van der Waals surface area (Å²) in [5, 5.41) is 13.5. The maximum absolute atomic E-state index is 8.99. The lowest BCUT2D eigenvalue weighted by Crippen LogP contribution is -2.23. The Kier molecular flexibility index (Phi) is 3.82. The van der Waals surface area contributed by atoms with Crippen LogP contribution in [0.5, 0.6) is 0 Å². The Morgan fingerprint density at radius 1 is 1.65 bits per heavy atom. The average Bonchev–Trinajstić information content (AvgIpc) is 2.83. The molecule has 1 aliphatic rings. The maximum Gasteiger partial charge on any atom is 0.131 e. The number of nitrogens with zero attached hydrogens (tertiary/aromatic N) is 2. The minimum absolute atomic E-state index is 0.468. The molecule has 1 atom stereocenters. The Balaban J connectivity index is 2.18. The largest absolute Gasteiger partial charge is 0.396 e. The molecule has 6 heteroatoms. The van der Waals surface area contributed by atoms with Gasteiger partial charge in [0.15, 0.2) is 0 Å². The van der Waals surface area contributed by atoms with Crippen LogP contribution in [0.25, 0.3) is 0 Å². The lowest BCUT2D eigenvalue weighted by atomic mass is 10.2. The molecule has 92 valence electrons. The zero-order valence-corrected chi connectivity index (χ0v) is 11.6. The molecular weight excluding hydrogens is 252 g/mol. The number of nitrogen functional groups attached to an aromatic ring is 1. The average molecular weight is 268 g/mol. The summed E-state index contributed by atoms with van der Waals surface area (Å²) in [5.74, 6) is 0. The monoisotopic (exact) mass is 268 g/mol. The van der Waals surface area contributed by atoms with E-state index in [4.69, 9.17) is 11.0 Å². The third-order valence-electron chi connectivity index (χ3n) is 2.93. The smallest absolute Gasteiger partial charge is 0.131 e. The van der Waals surface area contributed by atoms with E-state index >= 15 is 0 Å². The van der Waals surface area contributed by atoms with E-state index in [-0.39, 0.29) is 0 Å². The molecule has 0 aliphatic carbocycles. The topological polar surface area (TPSA) is 65.1 Å². The van der Waals surface area contributed by atoms with Crippen LogP contribution in [0.4, 0.5) is 10.7 Å². The van der Waals surface area contributed by atoms with Crippen LogP contribution in [0.1, 0.15) is 11.3 Å². The third-order valence-corrected chi connectivity index (χ3v) is 4.93. The fourth-order valence-corrected chi connectivity index (χ4v) is 3.94. The van der Waals surface area contributed by atoms with Crippen LogP contribution in [0.2, 0.25) is 0 Å². The van der Waals surface area contributed by atoms with Crippen LogP contribution in [-0.2, 0) is 0 Å². The molecule has 0 spiro atoms. The van der Waals surface area contributed by atoms with Crippen molar-refractivity contribution in [1.29, 1.82) is 5.26 Å². The van der Waals surface area contributed by atoms with Crippen molar-refractivity contribution in [3.63, 3.8) is 0 Å². The molecule has 2 heterocycles. The van der Waals surface area contributed by atoms with E-state index in [0.29, 0.717) is 16.6 Å². The van der Waals surface area contributed by atoms with Gasteiger partial charge in [-0.1, -0.05) is 0 Å². The Morgan fingerprint density at radius 3 is 2.94 bits per heavy atom. The van der Waals surface area contributed by atoms with Crippen molar-refractivity contribution in [3.8, 4) is 6.07 Å². The van der Waals surface area contributed by atoms with Gasteiger partial charge >= 0.3 is 0 Å². The predicted octanol–water partition coefficient (Wildman–Crippen LogP) is 2.04. The standard InChI is InChI=1S/C11H16N4S2/c1-15-4-3-7(6-15)14-11-10(16-2)9(13)8(5-12)17-11/h7,14H,3-4,6,13H2,1-2H3. The highest BCUT2D eigenvalue weighted by Crippen LogP contribution is 2.41. The first-order valence-corrected chi connectivity index (χ1v) is 7.51. The molecule has 3 N–H and O–H groups in total. The maximum atomic E-state index is 8.99. The minimum atomic E-state index is 0.468. The van der Waals surface area contributed by atoms with E-state index in [2.05, 4.69) is 23.3 Å². The highest BCUT2D eigenvalue weighted by molar-refractivity contribution is 7.99. The van der Waals surface area contributed by atoms with Crippen LogP contribution < -0.4 is 11.1 Å². The minimum Gasteiger partial charge on any atom is -0.396 e. The number of likely N-dealkylation sites (tertiary alicyclic amines) is 1. The highest BCUT2D eigenvalue weighted by atomic mass is 32.2. The summed E-state index contributed by atoms with van der Waals surface area (Å²) in [6.45, 7) is 2.17. The van der Waals surface area contributed by atoms with Crippen LogP contribution >= 0.6 is 23.1 Å². The predicted molar refractivity (Wildman–Crippen MR) is 74.8 cm³/mol. The number of likely N-dealkylation sites (N-methyl/N-ethyl adjacent to an activating group) is 1. The number of hydrogen-bond donors (Lipinski definition) is 2. The number of nitrogens with one attached hydrogen (secondary N) is 1. The van der Waals surface area contributed by atoms with Crippen molar-refractivity contribution < 1.29 is 0 Å². The molecule has 1 saturated heterocycles. The second-order valence-electron chi connectivity index (χ2n) is 4.21. The molecule has 0 radical (unpaired) electrons. The summed E-state index contributed by atoms with van der Waals surface area (Å²) in [6.07, 6.45) is 3.13. The first-order chi connectivity index (χ1) is 8.15. The molecule has 1 unspecified atom stereocenters. The number of rotatable bonds is 3. The van der Waals surface area contributed by atoms with Crippen molar-refractivity contribution in [2.75, 3.05) is 37.4 Å². The summed E-state index contributed by atoms with van der Waals surface area (Å²) in [4.78, 5) is 3.93. The molecule has 1 aromatic heterocycles. The molecule has 0 amide bonds. The zero-order valence-electron chi connectivity index (χ0n) is 9.99. The van der Waals surface area contributed by atoms with Gasteiger partial charge in [-0.15, -0.1) is 23.1 Å². The van der Waals surface area contributed by atoms with Gasteiger partial charge in [0.25, 0.3) is 0 Å². The van der Waals surface area contributed by atoms with Gasteiger partial charge in [0.05, 0.1) is 10.6 Å². The van der Waals surface area contributed by atoms with Gasteiger partial charge in [-0.25, -0.2) is 0 Å². The Morgan fingerprint density at radius 2 is 2.41 bits per heavy atom. The molecule has 1 aromatic rings. The SMILES string of the molecule is CSc1c(NC2CCN(C)C2)sc(C#N)c1N. The third kappa shape index (κ3) is 2.51. The van der Waals surface area contributed by atoms with Crippen molar-refractivity contribution in [3.05, 3.63) is 4.88 Å². The van der Waals surface area contributed by atoms with Gasteiger partial charge in [0.1, 0.15) is 15.9 Å². The molecule has 1 aliphatic heterocycles. The van der Waals surface area contributed by atoms with Gasteiger partial charge in [-0.2, -0.15) is 5.26 Å². The first kappa shape index (κ1) is 12.6. The molecular formula is C11H16N4S2. The van der Waals surface area contributed by atoms with E-state index in [1.165, 1.54) is 11.3 Å². The molecule has 2 rings (SSSR count). The van der Waals surface area contributed by atoms with E-state index in [9.17, 15) is 0 Å². The zero-order chi connectivity index (χ0) is 12.4. The molecule has 0 bridgehead atoms. The summed E-state index contributed by atoms with van der Waals surface area (Å²) >= 11 is 3.06. The van der Waals surface area contributed by atoms with Crippen LogP contribution in [0, 0.1) is 11.3 Å². The normalized spacial score (nSPS) is 20.4. The Bertz CT molecular complexity index is 449. The quantitative estimate of drug-likeness (QED) is 0.821. The van der Waals surface area contributed by atoms with Gasteiger partial charge in [-0.05, 0) is 26.3 Å². The van der Waals surface area contributed by atoms with E-state index < -0.39 is 0 Å². The number of anilines is 2. The van der Waals surface area contributed by atoms with E-state index in [1.54, 1.807) is 11.8 Å². The highest BCUT2D eigenvalue weighted by Gasteiger charge is 2.22. The summed E-state index contributed by atoms with van der Waals surface area (Å²) in [5.41, 5.74) is 6.57. The van der Waals surface area contributed by atoms with Crippen molar-refractivity contribution in [1.82, 2.24) is 4.90 Å². The van der Waals surface area contributed by atoms with E-state index in [0.717, 1.165) is 29.4 Å². The molecule has 4 nitrogen and oxygen atoms in total. The fourth-order valence-electron chi connectivity index (χ4n) is 2.05. The summed E-state index contributed by atoms with van der Waals surface area (Å²) < 4.78 is 0. The van der Waals surface area contributed by atoms with E-state index in [1.807, 2.05) is 6.26 Å². The number of hydrogen-bond acceptors (Lipinski definition) is 6. The summed E-state index contributed by atoms with van der Waals surface area (Å²) in [6, 6.07) is 2.62. The van der Waals surface area contributed by atoms with Gasteiger partial charge < -0.3 is 16.0 Å².